The van der Waals surface area contributed by atoms with E-state index in [0.29, 0.717) is 35.8 Å². The Balaban J connectivity index is 2.09. The summed E-state index contributed by atoms with van der Waals surface area (Å²) in [4.78, 5) is 0. The first-order valence-electron chi connectivity index (χ1n) is 5.03. The van der Waals surface area contributed by atoms with Crippen molar-refractivity contribution in [3.05, 3.63) is 0 Å². The van der Waals surface area contributed by atoms with Gasteiger partial charge in [-0.3, -0.25) is 0 Å². The maximum Gasteiger partial charge on any atom is 0.150 e. The van der Waals surface area contributed by atoms with Gasteiger partial charge in [-0.25, -0.2) is 8.42 Å². The lowest BCUT2D eigenvalue weighted by Gasteiger charge is -2.30. The molecule has 0 amide bonds. The van der Waals surface area contributed by atoms with Crippen LogP contribution in [0.25, 0.3) is 0 Å². The van der Waals surface area contributed by atoms with Gasteiger partial charge in [0.05, 0.1) is 11.5 Å². The Morgan fingerprint density at radius 1 is 1.23 bits per heavy atom. The number of sulfone groups is 1. The SMILES string of the molecule is NCC1CCS(=O)(=O)CC1C1CC1. The molecule has 0 aromatic heterocycles. The second-order valence-electron chi connectivity index (χ2n) is 4.40. The lowest BCUT2D eigenvalue weighted by Crippen LogP contribution is -2.37. The first-order valence-corrected chi connectivity index (χ1v) is 6.85. The van der Waals surface area contributed by atoms with Gasteiger partial charge in [0.1, 0.15) is 0 Å². The van der Waals surface area contributed by atoms with Gasteiger partial charge in [0, 0.05) is 0 Å². The third kappa shape index (κ3) is 2.05. The second-order valence-corrected chi connectivity index (χ2v) is 6.63. The topological polar surface area (TPSA) is 60.2 Å². The highest BCUT2D eigenvalue weighted by Crippen LogP contribution is 2.43. The van der Waals surface area contributed by atoms with E-state index < -0.39 is 9.84 Å². The van der Waals surface area contributed by atoms with E-state index in [2.05, 4.69) is 0 Å². The van der Waals surface area contributed by atoms with E-state index in [1.807, 2.05) is 0 Å². The predicted molar refractivity (Wildman–Crippen MR) is 52.0 cm³/mol. The van der Waals surface area contributed by atoms with Crippen LogP contribution in [0.3, 0.4) is 0 Å². The molecule has 13 heavy (non-hydrogen) atoms. The molecule has 2 N–H and O–H groups in total. The average Bonchev–Trinajstić information content (AvgIpc) is 2.85. The molecule has 0 bridgehead atoms. The van der Waals surface area contributed by atoms with E-state index in [-0.39, 0.29) is 0 Å². The molecule has 0 spiro atoms. The minimum atomic E-state index is -2.74. The summed E-state index contributed by atoms with van der Waals surface area (Å²) >= 11 is 0. The summed E-state index contributed by atoms with van der Waals surface area (Å²) in [6, 6.07) is 0. The van der Waals surface area contributed by atoms with Crippen LogP contribution in [-0.2, 0) is 9.84 Å². The Kier molecular flexibility index (Phi) is 2.36. The van der Waals surface area contributed by atoms with Gasteiger partial charge in [0.25, 0.3) is 0 Å². The quantitative estimate of drug-likeness (QED) is 0.707. The van der Waals surface area contributed by atoms with E-state index >= 15 is 0 Å². The van der Waals surface area contributed by atoms with Crippen LogP contribution in [0, 0.1) is 17.8 Å². The van der Waals surface area contributed by atoms with Crippen molar-refractivity contribution in [1.82, 2.24) is 0 Å². The molecule has 2 rings (SSSR count). The van der Waals surface area contributed by atoms with Crippen molar-refractivity contribution >= 4 is 9.84 Å². The third-order valence-corrected chi connectivity index (χ3v) is 5.13. The number of nitrogens with two attached hydrogens (primary N) is 1. The van der Waals surface area contributed by atoms with E-state index in [1.54, 1.807) is 0 Å². The molecule has 0 aromatic carbocycles. The van der Waals surface area contributed by atoms with Crippen molar-refractivity contribution < 1.29 is 8.42 Å². The first kappa shape index (κ1) is 9.46. The predicted octanol–water partition coefficient (Wildman–Crippen LogP) is 0.406. The van der Waals surface area contributed by atoms with Crippen LogP contribution in [-0.4, -0.2) is 26.5 Å². The van der Waals surface area contributed by atoms with Gasteiger partial charge in [-0.2, -0.15) is 0 Å². The van der Waals surface area contributed by atoms with Gasteiger partial charge in [-0.1, -0.05) is 0 Å². The molecular formula is C9H17NO2S. The van der Waals surface area contributed by atoms with Crippen LogP contribution in [0.1, 0.15) is 19.3 Å². The number of rotatable bonds is 2. The molecule has 1 aliphatic heterocycles. The number of hydrogen-bond donors (Lipinski definition) is 1. The fourth-order valence-electron chi connectivity index (χ4n) is 2.40. The van der Waals surface area contributed by atoms with E-state index in [9.17, 15) is 8.42 Å². The van der Waals surface area contributed by atoms with Crippen molar-refractivity contribution in [1.29, 1.82) is 0 Å². The van der Waals surface area contributed by atoms with Crippen LogP contribution < -0.4 is 5.73 Å². The standard InChI is InChI=1S/C9H17NO2S/c10-5-8-3-4-13(11,12)6-9(8)7-1-2-7/h7-9H,1-6,10H2. The third-order valence-electron chi connectivity index (χ3n) is 3.38. The fourth-order valence-corrected chi connectivity index (χ4v) is 4.35. The lowest BCUT2D eigenvalue weighted by atomic mass is 9.87. The zero-order valence-corrected chi connectivity index (χ0v) is 8.59. The first-order chi connectivity index (χ1) is 6.12. The molecule has 2 unspecified atom stereocenters. The minimum absolute atomic E-state index is 0.359. The van der Waals surface area contributed by atoms with Gasteiger partial charge in [0.2, 0.25) is 0 Å². The van der Waals surface area contributed by atoms with Crippen molar-refractivity contribution in [2.24, 2.45) is 23.5 Å². The summed E-state index contributed by atoms with van der Waals surface area (Å²) in [5.74, 6) is 2.28. The molecule has 2 fully saturated rings. The second kappa shape index (κ2) is 3.24. The molecule has 1 saturated heterocycles. The summed E-state index contributed by atoms with van der Waals surface area (Å²) in [5, 5.41) is 0. The summed E-state index contributed by atoms with van der Waals surface area (Å²) in [6.07, 6.45) is 3.23. The van der Waals surface area contributed by atoms with Crippen LogP contribution in [0.4, 0.5) is 0 Å². The van der Waals surface area contributed by atoms with Gasteiger partial charge in [0.15, 0.2) is 9.84 Å². The van der Waals surface area contributed by atoms with Gasteiger partial charge >= 0.3 is 0 Å². The highest BCUT2D eigenvalue weighted by atomic mass is 32.2. The van der Waals surface area contributed by atoms with E-state index in [4.69, 9.17) is 5.73 Å². The number of hydrogen-bond acceptors (Lipinski definition) is 3. The minimum Gasteiger partial charge on any atom is -0.330 e. The average molecular weight is 203 g/mol. The molecule has 2 atom stereocenters. The summed E-state index contributed by atoms with van der Waals surface area (Å²) in [6.45, 7) is 0.663. The Morgan fingerprint density at radius 3 is 2.46 bits per heavy atom. The molecule has 1 aliphatic carbocycles. The van der Waals surface area contributed by atoms with Crippen LogP contribution in [0.5, 0.6) is 0 Å². The zero-order valence-electron chi connectivity index (χ0n) is 7.78. The van der Waals surface area contributed by atoms with Crippen molar-refractivity contribution in [2.45, 2.75) is 19.3 Å². The van der Waals surface area contributed by atoms with Crippen LogP contribution >= 0.6 is 0 Å². The normalized spacial score (nSPS) is 38.8. The highest BCUT2D eigenvalue weighted by Gasteiger charge is 2.41. The van der Waals surface area contributed by atoms with Gasteiger partial charge < -0.3 is 5.73 Å². The summed E-state index contributed by atoms with van der Waals surface area (Å²) in [5.41, 5.74) is 5.65. The Labute approximate surface area is 79.6 Å². The Bertz CT molecular complexity index is 282. The smallest absolute Gasteiger partial charge is 0.150 e. The van der Waals surface area contributed by atoms with Crippen molar-refractivity contribution in [3.63, 3.8) is 0 Å². The molecule has 76 valence electrons. The molecule has 1 heterocycles. The molecule has 0 radical (unpaired) electrons. The maximum atomic E-state index is 11.4. The fraction of sp³-hybridized carbons (Fsp3) is 1.00. The highest BCUT2D eigenvalue weighted by molar-refractivity contribution is 7.91. The monoisotopic (exact) mass is 203 g/mol. The maximum absolute atomic E-state index is 11.4. The van der Waals surface area contributed by atoms with Crippen LogP contribution in [0.2, 0.25) is 0 Å². The van der Waals surface area contributed by atoms with Gasteiger partial charge in [-0.05, 0) is 43.6 Å². The van der Waals surface area contributed by atoms with Crippen molar-refractivity contribution in [3.8, 4) is 0 Å². The molecular weight excluding hydrogens is 186 g/mol. The molecule has 3 nitrogen and oxygen atoms in total. The molecule has 2 aliphatic rings. The lowest BCUT2D eigenvalue weighted by molar-refractivity contribution is 0.308. The molecule has 4 heteroatoms. The van der Waals surface area contributed by atoms with E-state index in [1.165, 1.54) is 12.8 Å². The summed E-state index contributed by atoms with van der Waals surface area (Å²) in [7, 11) is -2.74. The Hall–Kier alpha value is -0.0900. The van der Waals surface area contributed by atoms with E-state index in [0.717, 1.165) is 6.42 Å². The molecule has 1 saturated carbocycles. The molecule has 0 aromatic rings. The van der Waals surface area contributed by atoms with Gasteiger partial charge in [-0.15, -0.1) is 0 Å². The largest absolute Gasteiger partial charge is 0.330 e. The zero-order chi connectivity index (χ0) is 9.47. The summed E-state index contributed by atoms with van der Waals surface area (Å²) < 4.78 is 22.8. The van der Waals surface area contributed by atoms with Crippen molar-refractivity contribution in [2.75, 3.05) is 18.1 Å². The Morgan fingerprint density at radius 2 is 1.92 bits per heavy atom. The van der Waals surface area contributed by atoms with Crippen LogP contribution in [0.15, 0.2) is 0 Å².